The van der Waals surface area contributed by atoms with Gasteiger partial charge in [-0.25, -0.2) is 0 Å². The van der Waals surface area contributed by atoms with Crippen LogP contribution in [0.5, 0.6) is 0 Å². The van der Waals surface area contributed by atoms with Crippen molar-refractivity contribution in [3.63, 3.8) is 0 Å². The second-order valence-electron chi connectivity index (χ2n) is 9.15. The monoisotopic (exact) mass is 469 g/mol. The van der Waals surface area contributed by atoms with Gasteiger partial charge in [-0.3, -0.25) is 15.0 Å². The van der Waals surface area contributed by atoms with Crippen LogP contribution in [0.4, 0.5) is 0 Å². The number of likely N-dealkylation sites (tertiary alicyclic amines) is 1. The molecule has 0 radical (unpaired) electrons. The summed E-state index contributed by atoms with van der Waals surface area (Å²) in [5.74, 6) is 0.841. The maximum Gasteiger partial charge on any atom is 0.171 e. The van der Waals surface area contributed by atoms with Crippen molar-refractivity contribution < 1.29 is 4.74 Å². The van der Waals surface area contributed by atoms with Gasteiger partial charge in [0.15, 0.2) is 11.9 Å². The Hall–Kier alpha value is -3.65. The molecule has 1 atom stereocenters. The summed E-state index contributed by atoms with van der Waals surface area (Å²) in [6.45, 7) is 5.73. The third-order valence-corrected chi connectivity index (χ3v) is 6.94. The van der Waals surface area contributed by atoms with Crippen molar-refractivity contribution >= 4 is 11.3 Å². The van der Waals surface area contributed by atoms with Gasteiger partial charge in [0, 0.05) is 64.1 Å². The van der Waals surface area contributed by atoms with E-state index in [9.17, 15) is 0 Å². The Bertz CT molecular complexity index is 1180. The number of piperazine rings is 1. The topological polar surface area (TPSA) is 82.2 Å². The molecule has 3 aromatic heterocycles. The molecule has 3 aliphatic rings. The molecule has 0 saturated carbocycles. The molecule has 0 spiro atoms. The number of nitrogens with zero attached hydrogens (tertiary/aromatic N) is 5. The molecule has 0 amide bonds. The summed E-state index contributed by atoms with van der Waals surface area (Å²) in [4.78, 5) is 22.4. The van der Waals surface area contributed by atoms with Gasteiger partial charge in [0.05, 0.1) is 28.9 Å². The van der Waals surface area contributed by atoms with Crippen molar-refractivity contribution in [3.8, 4) is 0 Å². The van der Waals surface area contributed by atoms with Gasteiger partial charge in [-0.05, 0) is 43.5 Å². The van der Waals surface area contributed by atoms with E-state index in [2.05, 4.69) is 31.2 Å². The molecular weight excluding hydrogens is 438 g/mol. The minimum atomic E-state index is -0.350. The first-order valence-electron chi connectivity index (χ1n) is 12.6. The number of piperidine rings is 1. The first-order valence-corrected chi connectivity index (χ1v) is 12.6. The Balaban J connectivity index is 1.64. The average Bonchev–Trinajstić information content (AvgIpc) is 3.49. The summed E-state index contributed by atoms with van der Waals surface area (Å²) in [6, 6.07) is 10.1. The molecule has 2 N–H and O–H groups in total. The quantitative estimate of drug-likeness (QED) is 0.592. The summed E-state index contributed by atoms with van der Waals surface area (Å²) >= 11 is 0. The Morgan fingerprint density at radius 2 is 1.63 bits per heavy atom. The summed E-state index contributed by atoms with van der Waals surface area (Å²) in [6.07, 6.45) is 12.4. The van der Waals surface area contributed by atoms with Gasteiger partial charge in [-0.15, -0.1) is 0 Å². The molecule has 35 heavy (non-hydrogen) atoms. The molecule has 6 heterocycles. The third kappa shape index (κ3) is 4.30. The van der Waals surface area contributed by atoms with Crippen molar-refractivity contribution in [2.45, 2.75) is 25.4 Å². The van der Waals surface area contributed by atoms with Crippen LogP contribution in [0.15, 0.2) is 72.7 Å². The van der Waals surface area contributed by atoms with E-state index < -0.39 is 0 Å². The van der Waals surface area contributed by atoms with Crippen LogP contribution in [0, 0.1) is 0 Å². The molecule has 2 saturated heterocycles. The third-order valence-electron chi connectivity index (χ3n) is 6.94. The van der Waals surface area contributed by atoms with Gasteiger partial charge in [-0.2, -0.15) is 0 Å². The van der Waals surface area contributed by atoms with Gasteiger partial charge in [-0.1, -0.05) is 6.07 Å². The number of pyridine rings is 1. The highest BCUT2D eigenvalue weighted by Crippen LogP contribution is 2.47. The van der Waals surface area contributed by atoms with Crippen molar-refractivity contribution in [2.75, 3.05) is 39.3 Å². The van der Waals surface area contributed by atoms with Crippen molar-refractivity contribution in [2.24, 2.45) is 0 Å². The van der Waals surface area contributed by atoms with Crippen LogP contribution in [0.2, 0.25) is 0 Å². The molecular formula is C27H31N7O. The molecule has 3 aliphatic heterocycles. The number of rotatable bonds is 5. The van der Waals surface area contributed by atoms with Crippen LogP contribution >= 0.6 is 0 Å². The first kappa shape index (κ1) is 21.9. The Labute approximate surface area is 205 Å². The first-order chi connectivity index (χ1) is 17.4. The van der Waals surface area contributed by atoms with E-state index in [0.717, 1.165) is 73.4 Å². The standard InChI is InChI=1S/C27H31N7O/c1-4-15-33(16-5-1)25-24(34-17-13-28-14-18-34)23(22-19-29-11-12-32-22)26(20-8-6-10-31-20)35-27(25)21-7-2-3-9-30-21/h2-3,6-12,19,26,28,31H,1,4-5,13-18H2. The highest BCUT2D eigenvalue weighted by atomic mass is 16.5. The molecule has 3 aromatic rings. The second-order valence-corrected chi connectivity index (χ2v) is 9.15. The zero-order chi connectivity index (χ0) is 23.5. The van der Waals surface area contributed by atoms with Crippen LogP contribution in [-0.4, -0.2) is 69.0 Å². The number of aromatic amines is 1. The van der Waals surface area contributed by atoms with Crippen molar-refractivity contribution in [3.05, 3.63) is 89.8 Å². The van der Waals surface area contributed by atoms with Crippen LogP contribution in [0.25, 0.3) is 11.3 Å². The van der Waals surface area contributed by atoms with E-state index in [1.165, 1.54) is 25.0 Å². The van der Waals surface area contributed by atoms with Gasteiger partial charge >= 0.3 is 0 Å². The Morgan fingerprint density at radius 1 is 0.800 bits per heavy atom. The molecule has 8 nitrogen and oxygen atoms in total. The van der Waals surface area contributed by atoms with Crippen LogP contribution in [0.3, 0.4) is 0 Å². The van der Waals surface area contributed by atoms with Gasteiger partial charge in [0.1, 0.15) is 11.4 Å². The van der Waals surface area contributed by atoms with E-state index in [1.54, 1.807) is 12.4 Å². The van der Waals surface area contributed by atoms with Crippen LogP contribution < -0.4 is 5.32 Å². The number of aromatic nitrogens is 4. The predicted octanol–water partition coefficient (Wildman–Crippen LogP) is 3.44. The van der Waals surface area contributed by atoms with Gasteiger partial charge in [0.25, 0.3) is 0 Å². The molecule has 8 heteroatoms. The second kappa shape index (κ2) is 9.92. The van der Waals surface area contributed by atoms with E-state index in [0.29, 0.717) is 0 Å². The fourth-order valence-corrected chi connectivity index (χ4v) is 5.31. The number of hydrogen-bond donors (Lipinski definition) is 2. The molecule has 6 rings (SSSR count). The lowest BCUT2D eigenvalue weighted by molar-refractivity contribution is 0.179. The Kier molecular flexibility index (Phi) is 6.19. The van der Waals surface area contributed by atoms with Gasteiger partial charge < -0.3 is 24.8 Å². The minimum Gasteiger partial charge on any atom is -0.475 e. The summed E-state index contributed by atoms with van der Waals surface area (Å²) < 4.78 is 6.95. The zero-order valence-corrected chi connectivity index (χ0v) is 19.9. The molecule has 2 fully saturated rings. The predicted molar refractivity (Wildman–Crippen MR) is 135 cm³/mol. The van der Waals surface area contributed by atoms with E-state index >= 15 is 0 Å². The number of nitrogens with one attached hydrogen (secondary N) is 2. The average molecular weight is 470 g/mol. The molecule has 0 bridgehead atoms. The summed E-state index contributed by atoms with van der Waals surface area (Å²) in [5.41, 5.74) is 6.08. The fraction of sp³-hybridized carbons (Fsp3) is 0.370. The lowest BCUT2D eigenvalue weighted by Gasteiger charge is -2.44. The highest BCUT2D eigenvalue weighted by Gasteiger charge is 2.40. The zero-order valence-electron chi connectivity index (χ0n) is 19.9. The summed E-state index contributed by atoms with van der Waals surface area (Å²) in [5, 5.41) is 3.51. The van der Waals surface area contributed by atoms with Crippen LogP contribution in [-0.2, 0) is 4.74 Å². The maximum atomic E-state index is 6.95. The van der Waals surface area contributed by atoms with Crippen molar-refractivity contribution in [1.82, 2.24) is 35.1 Å². The maximum absolute atomic E-state index is 6.95. The minimum absolute atomic E-state index is 0.350. The SMILES string of the molecule is c1ccc(C2=C(N3CCCCC3)C(N3CCNCC3)=C(c3cnccn3)C(c3ccc[nH]3)O2)nc1. The van der Waals surface area contributed by atoms with Crippen LogP contribution in [0.1, 0.15) is 42.4 Å². The van der Waals surface area contributed by atoms with Gasteiger partial charge in [0.2, 0.25) is 0 Å². The fourth-order valence-electron chi connectivity index (χ4n) is 5.31. The highest BCUT2D eigenvalue weighted by molar-refractivity contribution is 5.81. The normalized spacial score (nSPS) is 21.3. The molecule has 0 aromatic carbocycles. The van der Waals surface area contributed by atoms with Crippen molar-refractivity contribution in [1.29, 1.82) is 0 Å². The van der Waals surface area contributed by atoms with E-state index in [-0.39, 0.29) is 6.10 Å². The van der Waals surface area contributed by atoms with E-state index in [1.807, 2.05) is 42.9 Å². The largest absolute Gasteiger partial charge is 0.475 e. The molecule has 180 valence electrons. The summed E-state index contributed by atoms with van der Waals surface area (Å²) in [7, 11) is 0. The lowest BCUT2D eigenvalue weighted by Crippen LogP contribution is -2.46. The van der Waals surface area contributed by atoms with E-state index in [4.69, 9.17) is 14.7 Å². The number of ether oxygens (including phenoxy) is 1. The molecule has 1 unspecified atom stereocenters. The smallest absolute Gasteiger partial charge is 0.171 e. The Morgan fingerprint density at radius 3 is 2.34 bits per heavy atom. The lowest BCUT2D eigenvalue weighted by atomic mass is 9.93. The number of hydrogen-bond acceptors (Lipinski definition) is 7. The number of H-pyrrole nitrogens is 1. The molecule has 0 aliphatic carbocycles.